The first kappa shape index (κ1) is 8.88. The van der Waals surface area contributed by atoms with Crippen LogP contribution in [0.5, 0.6) is 0 Å². The zero-order valence-corrected chi connectivity index (χ0v) is 8.97. The molecule has 0 spiro atoms. The second-order valence-electron chi connectivity index (χ2n) is 3.40. The van der Waals surface area contributed by atoms with Crippen molar-refractivity contribution in [3.05, 3.63) is 28.0 Å². The lowest BCUT2D eigenvalue weighted by Gasteiger charge is -2.05. The van der Waals surface area contributed by atoms with Gasteiger partial charge in [0.25, 0.3) is 0 Å². The molecule has 13 heavy (non-hydrogen) atoms. The number of hydrogen-bond acceptors (Lipinski definition) is 2. The van der Waals surface area contributed by atoms with E-state index in [2.05, 4.69) is 27.0 Å². The number of aromatic nitrogens is 1. The minimum absolute atomic E-state index is 0.0445. The van der Waals surface area contributed by atoms with Crippen LogP contribution in [0.1, 0.15) is 30.5 Å². The Hall–Kier alpha value is -0.700. The van der Waals surface area contributed by atoms with E-state index >= 15 is 0 Å². The lowest BCUT2D eigenvalue weighted by molar-refractivity contribution is -0.118. The first-order valence-electron chi connectivity index (χ1n) is 4.33. The second kappa shape index (κ2) is 3.22. The number of Topliss-reactive ketones (excluding diaryl/α,β-unsaturated/α-hetero) is 1. The van der Waals surface area contributed by atoms with E-state index in [9.17, 15) is 4.79 Å². The van der Waals surface area contributed by atoms with Gasteiger partial charge in [0.05, 0.1) is 11.6 Å². The molecule has 0 saturated carbocycles. The van der Waals surface area contributed by atoms with Crippen LogP contribution >= 0.6 is 15.9 Å². The summed E-state index contributed by atoms with van der Waals surface area (Å²) in [6, 6.07) is 2.06. The number of pyridine rings is 1. The zero-order valence-electron chi connectivity index (χ0n) is 7.38. The molecule has 68 valence electrons. The van der Waals surface area contributed by atoms with Crippen molar-refractivity contribution in [2.75, 3.05) is 0 Å². The van der Waals surface area contributed by atoms with Crippen molar-refractivity contribution in [2.45, 2.75) is 25.7 Å². The number of hydrogen-bond donors (Lipinski definition) is 0. The van der Waals surface area contributed by atoms with Crippen molar-refractivity contribution in [2.24, 2.45) is 0 Å². The van der Waals surface area contributed by atoms with Crippen LogP contribution < -0.4 is 0 Å². The number of fused-ring (bicyclic) bond motifs is 1. The molecule has 0 amide bonds. The second-order valence-corrected chi connectivity index (χ2v) is 4.32. The number of carbonyl (C=O) groups excluding carboxylic acids is 1. The van der Waals surface area contributed by atoms with Crippen LogP contribution in [0.2, 0.25) is 0 Å². The van der Waals surface area contributed by atoms with Crippen LogP contribution in [0.25, 0.3) is 0 Å². The third-order valence-corrected chi connectivity index (χ3v) is 2.92. The molecule has 3 heteroatoms. The number of carbonyl (C=O) groups is 1. The van der Waals surface area contributed by atoms with Gasteiger partial charge in [-0.25, -0.2) is 0 Å². The first-order valence-corrected chi connectivity index (χ1v) is 5.12. The van der Waals surface area contributed by atoms with Gasteiger partial charge < -0.3 is 0 Å². The van der Waals surface area contributed by atoms with E-state index in [1.807, 2.05) is 0 Å². The topological polar surface area (TPSA) is 30.0 Å². The summed E-state index contributed by atoms with van der Waals surface area (Å²) in [6.07, 6.45) is 3.67. The van der Waals surface area contributed by atoms with Gasteiger partial charge in [-0.15, -0.1) is 0 Å². The minimum atomic E-state index is 0.0445. The van der Waals surface area contributed by atoms with Gasteiger partial charge in [0.15, 0.2) is 0 Å². The Labute approximate surface area is 85.5 Å². The van der Waals surface area contributed by atoms with Crippen LogP contribution in [0.15, 0.2) is 16.7 Å². The number of nitrogens with zero attached hydrogens (tertiary/aromatic N) is 1. The normalized spacial score (nSPS) is 20.0. The van der Waals surface area contributed by atoms with Gasteiger partial charge >= 0.3 is 0 Å². The molecule has 1 aromatic heterocycles. The quantitative estimate of drug-likeness (QED) is 0.754. The third kappa shape index (κ3) is 1.53. The summed E-state index contributed by atoms with van der Waals surface area (Å²) in [5.74, 6) is 0.275. The molecule has 2 rings (SSSR count). The van der Waals surface area contributed by atoms with E-state index in [1.165, 1.54) is 5.56 Å². The average molecular weight is 240 g/mol. The Bertz CT molecular complexity index is 362. The predicted molar refractivity (Wildman–Crippen MR) is 53.7 cm³/mol. The summed E-state index contributed by atoms with van der Waals surface area (Å²) >= 11 is 3.37. The van der Waals surface area contributed by atoms with E-state index < -0.39 is 0 Å². The first-order chi connectivity index (χ1) is 6.18. The SMILES string of the molecule is CC(=O)C1CCc2cc(Br)cnc21. The van der Waals surface area contributed by atoms with Gasteiger partial charge in [0, 0.05) is 10.7 Å². The Morgan fingerprint density at radius 2 is 2.46 bits per heavy atom. The fourth-order valence-corrected chi connectivity index (χ4v) is 2.22. The van der Waals surface area contributed by atoms with E-state index in [1.54, 1.807) is 13.1 Å². The molecule has 1 aliphatic rings. The molecule has 0 N–H and O–H groups in total. The van der Waals surface area contributed by atoms with Crippen LogP contribution in [-0.4, -0.2) is 10.8 Å². The maximum Gasteiger partial charge on any atom is 0.138 e. The van der Waals surface area contributed by atoms with E-state index in [0.29, 0.717) is 0 Å². The van der Waals surface area contributed by atoms with E-state index in [-0.39, 0.29) is 11.7 Å². The molecular formula is C10H10BrNO. The van der Waals surface area contributed by atoms with Gasteiger partial charge in [-0.1, -0.05) is 0 Å². The molecular weight excluding hydrogens is 230 g/mol. The number of halogens is 1. The average Bonchev–Trinajstić information content (AvgIpc) is 2.46. The Morgan fingerprint density at radius 1 is 1.69 bits per heavy atom. The van der Waals surface area contributed by atoms with Crippen LogP contribution in [0.3, 0.4) is 0 Å². The summed E-state index contributed by atoms with van der Waals surface area (Å²) in [4.78, 5) is 15.5. The molecule has 0 saturated heterocycles. The molecule has 1 aromatic rings. The third-order valence-electron chi connectivity index (χ3n) is 2.49. The van der Waals surface area contributed by atoms with Gasteiger partial charge in [-0.05, 0) is 47.3 Å². The molecule has 0 bridgehead atoms. The zero-order chi connectivity index (χ0) is 9.42. The van der Waals surface area contributed by atoms with Crippen LogP contribution in [-0.2, 0) is 11.2 Å². The van der Waals surface area contributed by atoms with Crippen LogP contribution in [0, 0.1) is 0 Å². The molecule has 1 atom stereocenters. The Kier molecular flexibility index (Phi) is 2.20. The van der Waals surface area contributed by atoms with Gasteiger partial charge in [-0.2, -0.15) is 0 Å². The molecule has 0 aromatic carbocycles. The molecule has 1 heterocycles. The van der Waals surface area contributed by atoms with E-state index in [0.717, 1.165) is 23.0 Å². The number of aryl methyl sites for hydroxylation is 1. The largest absolute Gasteiger partial charge is 0.299 e. The maximum atomic E-state index is 11.2. The Balaban J connectivity index is 2.44. The molecule has 2 nitrogen and oxygen atoms in total. The lowest BCUT2D eigenvalue weighted by atomic mass is 10.0. The predicted octanol–water partition coefficient (Wildman–Crippen LogP) is 2.46. The van der Waals surface area contributed by atoms with Crippen molar-refractivity contribution in [1.82, 2.24) is 4.98 Å². The van der Waals surface area contributed by atoms with Gasteiger partial charge in [0.1, 0.15) is 5.78 Å². The van der Waals surface area contributed by atoms with E-state index in [4.69, 9.17) is 0 Å². The molecule has 0 aliphatic heterocycles. The summed E-state index contributed by atoms with van der Waals surface area (Å²) in [6.45, 7) is 1.64. The summed E-state index contributed by atoms with van der Waals surface area (Å²) in [7, 11) is 0. The fourth-order valence-electron chi connectivity index (χ4n) is 1.84. The summed E-state index contributed by atoms with van der Waals surface area (Å²) in [5.41, 5.74) is 2.20. The smallest absolute Gasteiger partial charge is 0.138 e. The number of rotatable bonds is 1. The summed E-state index contributed by atoms with van der Waals surface area (Å²) < 4.78 is 0.996. The van der Waals surface area contributed by atoms with Crippen molar-refractivity contribution in [3.8, 4) is 0 Å². The molecule has 0 radical (unpaired) electrons. The monoisotopic (exact) mass is 239 g/mol. The highest BCUT2D eigenvalue weighted by Crippen LogP contribution is 2.33. The molecule has 1 unspecified atom stereocenters. The van der Waals surface area contributed by atoms with Crippen LogP contribution in [0.4, 0.5) is 0 Å². The minimum Gasteiger partial charge on any atom is -0.299 e. The van der Waals surface area contributed by atoms with Crippen molar-refractivity contribution >= 4 is 21.7 Å². The fraction of sp³-hybridized carbons (Fsp3) is 0.400. The van der Waals surface area contributed by atoms with Crippen molar-refractivity contribution in [1.29, 1.82) is 0 Å². The Morgan fingerprint density at radius 3 is 3.15 bits per heavy atom. The van der Waals surface area contributed by atoms with Crippen molar-refractivity contribution < 1.29 is 4.79 Å². The number of ketones is 1. The highest BCUT2D eigenvalue weighted by Gasteiger charge is 2.27. The van der Waals surface area contributed by atoms with Crippen molar-refractivity contribution in [3.63, 3.8) is 0 Å². The molecule has 1 aliphatic carbocycles. The highest BCUT2D eigenvalue weighted by atomic mass is 79.9. The molecule has 0 fully saturated rings. The maximum absolute atomic E-state index is 11.2. The van der Waals surface area contributed by atoms with Gasteiger partial charge in [0.2, 0.25) is 0 Å². The lowest BCUT2D eigenvalue weighted by Crippen LogP contribution is -2.06. The standard InChI is InChI=1S/C10H10BrNO/c1-6(13)9-3-2-7-4-8(11)5-12-10(7)9/h4-5,9H,2-3H2,1H3. The van der Waals surface area contributed by atoms with Gasteiger partial charge in [-0.3, -0.25) is 9.78 Å². The summed E-state index contributed by atoms with van der Waals surface area (Å²) in [5, 5.41) is 0. The highest BCUT2D eigenvalue weighted by molar-refractivity contribution is 9.10.